The first-order valence-corrected chi connectivity index (χ1v) is 5.33. The molecular formula is C13H15NO2. The van der Waals surface area contributed by atoms with Crippen molar-refractivity contribution in [3.05, 3.63) is 42.6 Å². The first kappa shape index (κ1) is 10.7. The number of para-hydroxylation sites is 1. The molecular weight excluding hydrogens is 202 g/mol. The maximum atomic E-state index is 11.5. The van der Waals surface area contributed by atoms with Crippen LogP contribution in [0.1, 0.15) is 6.42 Å². The largest absolute Gasteiger partial charge is 0.469 e. The van der Waals surface area contributed by atoms with Crippen LogP contribution in [0.25, 0.3) is 0 Å². The summed E-state index contributed by atoms with van der Waals surface area (Å²) in [5.41, 5.74) is 1.91. The van der Waals surface area contributed by atoms with Crippen molar-refractivity contribution >= 4 is 11.7 Å². The van der Waals surface area contributed by atoms with Crippen LogP contribution in [0, 0.1) is 5.92 Å². The van der Waals surface area contributed by atoms with Gasteiger partial charge in [-0.3, -0.25) is 4.79 Å². The molecule has 1 aromatic carbocycles. The Bertz CT molecular complexity index is 400. The number of methoxy groups -OCH3 is 1. The third-order valence-corrected chi connectivity index (χ3v) is 2.94. The zero-order chi connectivity index (χ0) is 11.5. The van der Waals surface area contributed by atoms with E-state index in [1.54, 1.807) is 0 Å². The molecule has 0 radical (unpaired) electrons. The standard InChI is InChI=1S/C13H15NO2/c1-10-12(13(15)16-2)8-9-14(10)11-6-4-3-5-7-11/h3-7,12H,1,8-9H2,2H3. The number of hydrogen-bond acceptors (Lipinski definition) is 3. The number of nitrogens with zero attached hydrogens (tertiary/aromatic N) is 1. The van der Waals surface area contributed by atoms with Crippen LogP contribution in [0.5, 0.6) is 0 Å². The van der Waals surface area contributed by atoms with Gasteiger partial charge in [-0.25, -0.2) is 0 Å². The zero-order valence-electron chi connectivity index (χ0n) is 9.35. The van der Waals surface area contributed by atoms with Crippen LogP contribution in [0.3, 0.4) is 0 Å². The van der Waals surface area contributed by atoms with Crippen molar-refractivity contribution < 1.29 is 9.53 Å². The minimum absolute atomic E-state index is 0.190. The molecule has 1 aliphatic heterocycles. The second kappa shape index (κ2) is 4.39. The van der Waals surface area contributed by atoms with Crippen LogP contribution in [0.2, 0.25) is 0 Å². The summed E-state index contributed by atoms with van der Waals surface area (Å²) < 4.78 is 4.76. The molecule has 84 valence electrons. The summed E-state index contributed by atoms with van der Waals surface area (Å²) >= 11 is 0. The molecule has 3 nitrogen and oxygen atoms in total. The number of rotatable bonds is 2. The topological polar surface area (TPSA) is 29.5 Å². The van der Waals surface area contributed by atoms with E-state index in [0.29, 0.717) is 0 Å². The maximum absolute atomic E-state index is 11.5. The molecule has 1 saturated heterocycles. The zero-order valence-corrected chi connectivity index (χ0v) is 9.35. The molecule has 1 heterocycles. The fourth-order valence-corrected chi connectivity index (χ4v) is 2.06. The Kier molecular flexibility index (Phi) is 2.95. The highest BCUT2D eigenvalue weighted by Crippen LogP contribution is 2.32. The molecule has 16 heavy (non-hydrogen) atoms. The SMILES string of the molecule is C=C1C(C(=O)OC)CCN1c1ccccc1. The Morgan fingerprint density at radius 3 is 2.75 bits per heavy atom. The molecule has 1 aromatic rings. The Morgan fingerprint density at radius 2 is 2.12 bits per heavy atom. The number of carbonyl (C=O) groups excluding carboxylic acids is 1. The number of hydrogen-bond donors (Lipinski definition) is 0. The molecule has 0 aromatic heterocycles. The Hall–Kier alpha value is -1.77. The van der Waals surface area contributed by atoms with E-state index in [1.165, 1.54) is 7.11 Å². The highest BCUT2D eigenvalue weighted by atomic mass is 16.5. The summed E-state index contributed by atoms with van der Waals surface area (Å²) in [4.78, 5) is 13.6. The third kappa shape index (κ3) is 1.81. The van der Waals surface area contributed by atoms with E-state index in [4.69, 9.17) is 4.74 Å². The van der Waals surface area contributed by atoms with Crippen LogP contribution in [0.4, 0.5) is 5.69 Å². The minimum Gasteiger partial charge on any atom is -0.469 e. The molecule has 3 heteroatoms. The summed E-state index contributed by atoms with van der Waals surface area (Å²) in [6.45, 7) is 4.81. The molecule has 1 aliphatic rings. The molecule has 0 aliphatic carbocycles. The highest BCUT2D eigenvalue weighted by Gasteiger charge is 2.33. The van der Waals surface area contributed by atoms with Gasteiger partial charge in [-0.15, -0.1) is 0 Å². The van der Waals surface area contributed by atoms with Gasteiger partial charge in [0.15, 0.2) is 0 Å². The van der Waals surface area contributed by atoms with Gasteiger partial charge in [0.25, 0.3) is 0 Å². The molecule has 1 fully saturated rings. The molecule has 0 saturated carbocycles. The van der Waals surface area contributed by atoms with Gasteiger partial charge in [-0.1, -0.05) is 24.8 Å². The molecule has 2 rings (SSSR count). The van der Waals surface area contributed by atoms with Gasteiger partial charge < -0.3 is 9.64 Å². The van der Waals surface area contributed by atoms with Crippen molar-refractivity contribution in [2.75, 3.05) is 18.6 Å². The average Bonchev–Trinajstić information content (AvgIpc) is 2.71. The Morgan fingerprint density at radius 1 is 1.44 bits per heavy atom. The normalized spacial score (nSPS) is 19.9. The monoisotopic (exact) mass is 217 g/mol. The third-order valence-electron chi connectivity index (χ3n) is 2.94. The number of esters is 1. The average molecular weight is 217 g/mol. The van der Waals surface area contributed by atoms with Gasteiger partial charge in [-0.05, 0) is 18.6 Å². The van der Waals surface area contributed by atoms with Gasteiger partial charge >= 0.3 is 5.97 Å². The summed E-state index contributed by atoms with van der Waals surface area (Å²) in [5, 5.41) is 0. The van der Waals surface area contributed by atoms with Crippen molar-refractivity contribution in [2.45, 2.75) is 6.42 Å². The molecule has 0 bridgehead atoms. The Labute approximate surface area is 95.3 Å². The van der Waals surface area contributed by atoms with Crippen LogP contribution < -0.4 is 4.90 Å². The number of ether oxygens (including phenoxy) is 1. The van der Waals surface area contributed by atoms with Crippen LogP contribution in [0.15, 0.2) is 42.6 Å². The fourth-order valence-electron chi connectivity index (χ4n) is 2.06. The van der Waals surface area contributed by atoms with E-state index < -0.39 is 0 Å². The summed E-state index contributed by atoms with van der Waals surface area (Å²) in [7, 11) is 1.42. The van der Waals surface area contributed by atoms with Crippen molar-refractivity contribution in [1.29, 1.82) is 0 Å². The second-order valence-corrected chi connectivity index (χ2v) is 3.84. The summed E-state index contributed by atoms with van der Waals surface area (Å²) in [6, 6.07) is 9.97. The predicted molar refractivity (Wildman–Crippen MR) is 63.1 cm³/mol. The van der Waals surface area contributed by atoms with E-state index in [2.05, 4.69) is 11.5 Å². The van der Waals surface area contributed by atoms with Crippen molar-refractivity contribution in [2.24, 2.45) is 5.92 Å². The number of benzene rings is 1. The van der Waals surface area contributed by atoms with E-state index in [-0.39, 0.29) is 11.9 Å². The molecule has 0 spiro atoms. The molecule has 0 amide bonds. The van der Waals surface area contributed by atoms with Crippen molar-refractivity contribution in [3.63, 3.8) is 0 Å². The van der Waals surface area contributed by atoms with E-state index in [9.17, 15) is 4.79 Å². The lowest BCUT2D eigenvalue weighted by Gasteiger charge is -2.20. The molecule has 1 atom stereocenters. The number of carbonyl (C=O) groups is 1. The van der Waals surface area contributed by atoms with E-state index in [1.807, 2.05) is 30.3 Å². The fraction of sp³-hybridized carbons (Fsp3) is 0.308. The molecule has 1 unspecified atom stereocenters. The van der Waals surface area contributed by atoms with Crippen LogP contribution in [-0.2, 0) is 9.53 Å². The first-order valence-electron chi connectivity index (χ1n) is 5.33. The van der Waals surface area contributed by atoms with Crippen LogP contribution >= 0.6 is 0 Å². The van der Waals surface area contributed by atoms with Gasteiger partial charge in [0.2, 0.25) is 0 Å². The smallest absolute Gasteiger partial charge is 0.314 e. The lowest BCUT2D eigenvalue weighted by Crippen LogP contribution is -2.20. The maximum Gasteiger partial charge on any atom is 0.314 e. The molecule has 0 N–H and O–H groups in total. The lowest BCUT2D eigenvalue weighted by atomic mass is 10.1. The summed E-state index contributed by atoms with van der Waals surface area (Å²) in [6.07, 6.45) is 0.778. The number of anilines is 1. The Balaban J connectivity index is 2.17. The predicted octanol–water partition coefficient (Wildman–Crippen LogP) is 2.20. The lowest BCUT2D eigenvalue weighted by molar-refractivity contribution is -0.143. The van der Waals surface area contributed by atoms with E-state index >= 15 is 0 Å². The quantitative estimate of drug-likeness (QED) is 0.711. The van der Waals surface area contributed by atoms with Gasteiger partial charge in [0.05, 0.1) is 13.0 Å². The van der Waals surface area contributed by atoms with Gasteiger partial charge in [0.1, 0.15) is 0 Å². The highest BCUT2D eigenvalue weighted by molar-refractivity contribution is 5.78. The summed E-state index contributed by atoms with van der Waals surface area (Å²) in [5.74, 6) is -0.381. The van der Waals surface area contributed by atoms with Gasteiger partial charge in [0, 0.05) is 17.9 Å². The second-order valence-electron chi connectivity index (χ2n) is 3.84. The van der Waals surface area contributed by atoms with Crippen molar-refractivity contribution in [3.8, 4) is 0 Å². The minimum atomic E-state index is -0.191. The van der Waals surface area contributed by atoms with E-state index in [0.717, 1.165) is 24.4 Å². The van der Waals surface area contributed by atoms with Crippen LogP contribution in [-0.4, -0.2) is 19.6 Å². The first-order chi connectivity index (χ1) is 7.74. The van der Waals surface area contributed by atoms with Crippen molar-refractivity contribution in [1.82, 2.24) is 0 Å². The van der Waals surface area contributed by atoms with Gasteiger partial charge in [-0.2, -0.15) is 0 Å².